The summed E-state index contributed by atoms with van der Waals surface area (Å²) in [6.45, 7) is 7.89. The highest BCUT2D eigenvalue weighted by molar-refractivity contribution is 4.78. The van der Waals surface area contributed by atoms with Gasteiger partial charge in [0.2, 0.25) is 0 Å². The lowest BCUT2D eigenvalue weighted by atomic mass is 9.82. The minimum Gasteiger partial charge on any atom is -0.381 e. The largest absolute Gasteiger partial charge is 0.381 e. The molecule has 2 heteroatoms. The molecule has 1 saturated carbocycles. The Morgan fingerprint density at radius 1 is 1.31 bits per heavy atom. The minimum atomic E-state index is 0.639. The van der Waals surface area contributed by atoms with Crippen LogP contribution in [-0.4, -0.2) is 25.8 Å². The first-order chi connectivity index (χ1) is 7.75. The molecule has 2 aliphatic rings. The van der Waals surface area contributed by atoms with Gasteiger partial charge in [0.05, 0.1) is 6.61 Å². The summed E-state index contributed by atoms with van der Waals surface area (Å²) in [5.41, 5.74) is 0. The van der Waals surface area contributed by atoms with Gasteiger partial charge in [0.15, 0.2) is 0 Å². The van der Waals surface area contributed by atoms with E-state index >= 15 is 0 Å². The van der Waals surface area contributed by atoms with E-state index in [-0.39, 0.29) is 0 Å². The molecule has 2 fully saturated rings. The Balaban J connectivity index is 1.65. The number of hydrogen-bond acceptors (Lipinski definition) is 2. The summed E-state index contributed by atoms with van der Waals surface area (Å²) < 4.78 is 5.45. The lowest BCUT2D eigenvalue weighted by Crippen LogP contribution is -2.38. The summed E-state index contributed by atoms with van der Waals surface area (Å²) in [4.78, 5) is 0. The fraction of sp³-hybridized carbons (Fsp3) is 1.00. The molecule has 0 aromatic heterocycles. The topological polar surface area (TPSA) is 21.3 Å². The standard InChI is InChI=1S/C14H27NO/c1-11-4-3-5-13(8-11)9-15-12(2)14-6-7-16-10-14/h11-15H,3-10H2,1-2H3. The predicted octanol–water partition coefficient (Wildman–Crippen LogP) is 2.83. The van der Waals surface area contributed by atoms with E-state index in [4.69, 9.17) is 4.74 Å². The van der Waals surface area contributed by atoms with Crippen LogP contribution in [0, 0.1) is 17.8 Å². The van der Waals surface area contributed by atoms with E-state index in [1.807, 2.05) is 0 Å². The molecule has 1 saturated heterocycles. The Bertz CT molecular complexity index is 199. The maximum atomic E-state index is 5.45. The Kier molecular flexibility index (Phi) is 4.66. The normalized spacial score (nSPS) is 37.5. The molecule has 1 aliphatic carbocycles. The van der Waals surface area contributed by atoms with Crippen LogP contribution in [0.2, 0.25) is 0 Å². The van der Waals surface area contributed by atoms with Crippen LogP contribution >= 0.6 is 0 Å². The molecule has 0 amide bonds. The van der Waals surface area contributed by atoms with E-state index in [2.05, 4.69) is 19.2 Å². The van der Waals surface area contributed by atoms with Crippen molar-refractivity contribution in [3.05, 3.63) is 0 Å². The second kappa shape index (κ2) is 6.02. The van der Waals surface area contributed by atoms with E-state index in [0.29, 0.717) is 6.04 Å². The first kappa shape index (κ1) is 12.4. The smallest absolute Gasteiger partial charge is 0.0509 e. The van der Waals surface area contributed by atoms with Crippen molar-refractivity contribution in [1.82, 2.24) is 5.32 Å². The van der Waals surface area contributed by atoms with Crippen molar-refractivity contribution in [1.29, 1.82) is 0 Å². The SMILES string of the molecule is CC1CCCC(CNC(C)C2CCOC2)C1. The molecule has 1 heterocycles. The molecule has 1 N–H and O–H groups in total. The summed E-state index contributed by atoms with van der Waals surface area (Å²) in [6.07, 6.45) is 7.00. The maximum absolute atomic E-state index is 5.45. The average molecular weight is 225 g/mol. The molecule has 2 nitrogen and oxygen atoms in total. The summed E-state index contributed by atoms with van der Waals surface area (Å²) in [7, 11) is 0. The molecule has 4 atom stereocenters. The molecular formula is C14H27NO. The van der Waals surface area contributed by atoms with E-state index in [9.17, 15) is 0 Å². The molecule has 0 radical (unpaired) electrons. The lowest BCUT2D eigenvalue weighted by Gasteiger charge is -2.29. The van der Waals surface area contributed by atoms with Crippen LogP contribution in [0.1, 0.15) is 46.0 Å². The van der Waals surface area contributed by atoms with Gasteiger partial charge in [-0.3, -0.25) is 0 Å². The second-order valence-electron chi connectivity index (χ2n) is 5.96. The first-order valence-electron chi connectivity index (χ1n) is 7.07. The van der Waals surface area contributed by atoms with Crippen LogP contribution < -0.4 is 5.32 Å². The quantitative estimate of drug-likeness (QED) is 0.794. The van der Waals surface area contributed by atoms with E-state index < -0.39 is 0 Å². The van der Waals surface area contributed by atoms with Gasteiger partial charge in [0.25, 0.3) is 0 Å². The van der Waals surface area contributed by atoms with Gasteiger partial charge in [-0.05, 0) is 50.5 Å². The van der Waals surface area contributed by atoms with E-state index in [1.54, 1.807) is 0 Å². The van der Waals surface area contributed by atoms with Gasteiger partial charge in [-0.1, -0.05) is 19.8 Å². The van der Waals surface area contributed by atoms with Crippen molar-refractivity contribution < 1.29 is 4.74 Å². The zero-order valence-electron chi connectivity index (χ0n) is 10.9. The zero-order valence-corrected chi connectivity index (χ0v) is 10.9. The van der Waals surface area contributed by atoms with Crippen molar-refractivity contribution >= 4 is 0 Å². The minimum absolute atomic E-state index is 0.639. The van der Waals surface area contributed by atoms with Gasteiger partial charge in [0, 0.05) is 12.6 Å². The average Bonchev–Trinajstić information content (AvgIpc) is 2.79. The van der Waals surface area contributed by atoms with Gasteiger partial charge in [0.1, 0.15) is 0 Å². The molecule has 1 aliphatic heterocycles. The molecule has 94 valence electrons. The lowest BCUT2D eigenvalue weighted by molar-refractivity contribution is 0.176. The summed E-state index contributed by atoms with van der Waals surface area (Å²) >= 11 is 0. The number of ether oxygens (including phenoxy) is 1. The number of hydrogen-bond donors (Lipinski definition) is 1. The van der Waals surface area contributed by atoms with Crippen LogP contribution in [0.15, 0.2) is 0 Å². The van der Waals surface area contributed by atoms with E-state index in [0.717, 1.165) is 31.0 Å². The van der Waals surface area contributed by atoms with Crippen molar-refractivity contribution in [2.45, 2.75) is 52.0 Å². The van der Waals surface area contributed by atoms with Gasteiger partial charge in [-0.2, -0.15) is 0 Å². The highest BCUT2D eigenvalue weighted by Gasteiger charge is 2.24. The van der Waals surface area contributed by atoms with Gasteiger partial charge in [-0.15, -0.1) is 0 Å². The summed E-state index contributed by atoms with van der Waals surface area (Å²) in [5.74, 6) is 2.63. The van der Waals surface area contributed by atoms with Crippen LogP contribution in [0.4, 0.5) is 0 Å². The third-order valence-electron chi connectivity index (χ3n) is 4.45. The summed E-state index contributed by atoms with van der Waals surface area (Å²) in [6, 6.07) is 0.639. The van der Waals surface area contributed by atoms with Crippen LogP contribution in [-0.2, 0) is 4.74 Å². The highest BCUT2D eigenvalue weighted by Crippen LogP contribution is 2.28. The third kappa shape index (κ3) is 3.46. The highest BCUT2D eigenvalue weighted by atomic mass is 16.5. The fourth-order valence-corrected chi connectivity index (χ4v) is 3.21. The molecular weight excluding hydrogens is 198 g/mol. The zero-order chi connectivity index (χ0) is 11.4. The Hall–Kier alpha value is -0.0800. The van der Waals surface area contributed by atoms with Crippen LogP contribution in [0.5, 0.6) is 0 Å². The molecule has 0 aromatic rings. The molecule has 16 heavy (non-hydrogen) atoms. The number of rotatable bonds is 4. The van der Waals surface area contributed by atoms with Crippen molar-refractivity contribution in [2.24, 2.45) is 17.8 Å². The molecule has 2 rings (SSSR count). The third-order valence-corrected chi connectivity index (χ3v) is 4.45. The van der Waals surface area contributed by atoms with Crippen LogP contribution in [0.25, 0.3) is 0 Å². The van der Waals surface area contributed by atoms with Gasteiger partial charge >= 0.3 is 0 Å². The van der Waals surface area contributed by atoms with Crippen LogP contribution in [0.3, 0.4) is 0 Å². The van der Waals surface area contributed by atoms with E-state index in [1.165, 1.54) is 38.6 Å². The maximum Gasteiger partial charge on any atom is 0.0509 e. The Morgan fingerprint density at radius 2 is 2.19 bits per heavy atom. The molecule has 0 bridgehead atoms. The first-order valence-corrected chi connectivity index (χ1v) is 7.07. The Morgan fingerprint density at radius 3 is 2.88 bits per heavy atom. The molecule has 0 spiro atoms. The molecule has 0 aromatic carbocycles. The summed E-state index contributed by atoms with van der Waals surface area (Å²) in [5, 5.41) is 3.73. The Labute approximate surface area is 100 Å². The van der Waals surface area contributed by atoms with Gasteiger partial charge in [-0.25, -0.2) is 0 Å². The van der Waals surface area contributed by atoms with Crippen molar-refractivity contribution in [3.63, 3.8) is 0 Å². The van der Waals surface area contributed by atoms with Crippen molar-refractivity contribution in [2.75, 3.05) is 19.8 Å². The fourth-order valence-electron chi connectivity index (χ4n) is 3.21. The van der Waals surface area contributed by atoms with Gasteiger partial charge < -0.3 is 10.1 Å². The van der Waals surface area contributed by atoms with Crippen molar-refractivity contribution in [3.8, 4) is 0 Å². The second-order valence-corrected chi connectivity index (χ2v) is 5.96. The number of nitrogens with one attached hydrogen (secondary N) is 1. The molecule has 4 unspecified atom stereocenters. The predicted molar refractivity (Wildman–Crippen MR) is 67.5 cm³/mol. The monoisotopic (exact) mass is 225 g/mol.